The van der Waals surface area contributed by atoms with Crippen LogP contribution in [0.3, 0.4) is 0 Å². The highest BCUT2D eigenvalue weighted by atomic mass is 19.3. The summed E-state index contributed by atoms with van der Waals surface area (Å²) in [6.07, 6.45) is 4.92. The number of nitrogens with zero attached hydrogens (tertiary/aromatic N) is 4. The number of nitrogens with one attached hydrogen (secondary N) is 2. The maximum absolute atomic E-state index is 13.1. The van der Waals surface area contributed by atoms with Crippen LogP contribution < -0.4 is 10.2 Å². The van der Waals surface area contributed by atoms with Crippen LogP contribution in [-0.2, 0) is 0 Å². The van der Waals surface area contributed by atoms with Gasteiger partial charge >= 0.3 is 0 Å². The Morgan fingerprint density at radius 2 is 1.97 bits per heavy atom. The Hall–Kier alpha value is -3.88. The molecule has 5 rings (SSSR count). The number of alkyl halides is 2. The summed E-state index contributed by atoms with van der Waals surface area (Å²) in [6, 6.07) is 12.6. The van der Waals surface area contributed by atoms with E-state index < -0.39 is 11.8 Å². The van der Waals surface area contributed by atoms with Gasteiger partial charge in [0.2, 0.25) is 0 Å². The SMILES string of the molecule is O=C(Nc1ccnc(N2CC(F)(F)C2)c1)c1n[nH]c2ccc(-c3cccnc3)cc12. The Morgan fingerprint density at radius 3 is 2.73 bits per heavy atom. The number of aromatic nitrogens is 4. The zero-order valence-corrected chi connectivity index (χ0v) is 15.6. The number of halogens is 2. The number of carbonyl (C=O) groups is 1. The number of pyridine rings is 2. The van der Waals surface area contributed by atoms with Crippen molar-refractivity contribution in [3.05, 3.63) is 66.7 Å². The van der Waals surface area contributed by atoms with Gasteiger partial charge in [-0.2, -0.15) is 5.10 Å². The molecule has 1 amide bonds. The first kappa shape index (κ1) is 18.2. The van der Waals surface area contributed by atoms with Crippen molar-refractivity contribution in [1.82, 2.24) is 20.2 Å². The third-order valence-corrected chi connectivity index (χ3v) is 4.94. The highest BCUT2D eigenvalue weighted by molar-refractivity contribution is 6.11. The van der Waals surface area contributed by atoms with E-state index in [0.29, 0.717) is 16.9 Å². The van der Waals surface area contributed by atoms with E-state index in [1.54, 1.807) is 24.5 Å². The van der Waals surface area contributed by atoms with Gasteiger partial charge in [-0.15, -0.1) is 0 Å². The van der Waals surface area contributed by atoms with Gasteiger partial charge in [-0.1, -0.05) is 12.1 Å². The molecule has 0 atom stereocenters. The van der Waals surface area contributed by atoms with Gasteiger partial charge in [0.1, 0.15) is 5.82 Å². The fraction of sp³-hybridized carbons (Fsp3) is 0.143. The lowest BCUT2D eigenvalue weighted by molar-refractivity contribution is -0.0267. The van der Waals surface area contributed by atoms with Gasteiger partial charge < -0.3 is 10.2 Å². The molecule has 0 bridgehead atoms. The second-order valence-electron chi connectivity index (χ2n) is 7.14. The number of aromatic amines is 1. The number of H-pyrrole nitrogens is 1. The van der Waals surface area contributed by atoms with E-state index in [0.717, 1.165) is 16.6 Å². The molecular formula is C21H16F2N6O. The zero-order valence-electron chi connectivity index (χ0n) is 15.6. The van der Waals surface area contributed by atoms with Crippen LogP contribution in [0.5, 0.6) is 0 Å². The van der Waals surface area contributed by atoms with Crippen LogP contribution in [0.4, 0.5) is 20.3 Å². The highest BCUT2D eigenvalue weighted by Gasteiger charge is 2.44. The second-order valence-corrected chi connectivity index (χ2v) is 7.14. The first-order valence-electron chi connectivity index (χ1n) is 9.27. The van der Waals surface area contributed by atoms with Gasteiger partial charge in [0, 0.05) is 41.3 Å². The van der Waals surface area contributed by atoms with Crippen LogP contribution in [0, 0.1) is 0 Å². The summed E-state index contributed by atoms with van der Waals surface area (Å²) in [5.41, 5.74) is 3.27. The molecule has 1 aliphatic heterocycles. The summed E-state index contributed by atoms with van der Waals surface area (Å²) in [5, 5.41) is 10.5. The summed E-state index contributed by atoms with van der Waals surface area (Å²) >= 11 is 0. The number of hydrogen-bond donors (Lipinski definition) is 2. The Labute approximate surface area is 169 Å². The molecule has 0 unspecified atom stereocenters. The van der Waals surface area contributed by atoms with Crippen molar-refractivity contribution in [2.45, 2.75) is 5.92 Å². The maximum atomic E-state index is 13.1. The van der Waals surface area contributed by atoms with Crippen LogP contribution in [0.2, 0.25) is 0 Å². The molecule has 1 aliphatic rings. The lowest BCUT2D eigenvalue weighted by Crippen LogP contribution is -2.56. The first-order valence-corrected chi connectivity index (χ1v) is 9.27. The molecule has 1 fully saturated rings. The second kappa shape index (κ2) is 6.87. The topological polar surface area (TPSA) is 86.8 Å². The zero-order chi connectivity index (χ0) is 20.7. The molecule has 1 saturated heterocycles. The molecule has 7 nitrogen and oxygen atoms in total. The largest absolute Gasteiger partial charge is 0.344 e. The summed E-state index contributed by atoms with van der Waals surface area (Å²) in [7, 11) is 0. The lowest BCUT2D eigenvalue weighted by atomic mass is 10.0. The summed E-state index contributed by atoms with van der Waals surface area (Å²) in [4.78, 5) is 22.5. The summed E-state index contributed by atoms with van der Waals surface area (Å²) < 4.78 is 26.2. The third kappa shape index (κ3) is 3.34. The van der Waals surface area contributed by atoms with E-state index in [1.807, 2.05) is 30.3 Å². The van der Waals surface area contributed by atoms with E-state index in [-0.39, 0.29) is 18.8 Å². The first-order chi connectivity index (χ1) is 14.5. The number of fused-ring (bicyclic) bond motifs is 1. The van der Waals surface area contributed by atoms with E-state index in [4.69, 9.17) is 0 Å². The van der Waals surface area contributed by atoms with Crippen molar-refractivity contribution in [3.63, 3.8) is 0 Å². The molecule has 4 heterocycles. The van der Waals surface area contributed by atoms with Crippen molar-refractivity contribution in [2.24, 2.45) is 0 Å². The molecule has 1 aromatic carbocycles. The van der Waals surface area contributed by atoms with Gasteiger partial charge in [-0.25, -0.2) is 13.8 Å². The van der Waals surface area contributed by atoms with Gasteiger partial charge in [0.15, 0.2) is 5.69 Å². The molecule has 9 heteroatoms. The Morgan fingerprint density at radius 1 is 1.10 bits per heavy atom. The van der Waals surface area contributed by atoms with Gasteiger partial charge in [0.25, 0.3) is 11.8 Å². The van der Waals surface area contributed by atoms with E-state index in [2.05, 4.69) is 25.5 Å². The summed E-state index contributed by atoms with van der Waals surface area (Å²) in [5.74, 6) is -2.71. The highest BCUT2D eigenvalue weighted by Crippen LogP contribution is 2.31. The smallest absolute Gasteiger partial charge is 0.282 e. The molecule has 0 spiro atoms. The molecule has 30 heavy (non-hydrogen) atoms. The van der Waals surface area contributed by atoms with Crippen LogP contribution in [0.1, 0.15) is 10.5 Å². The number of hydrogen-bond acceptors (Lipinski definition) is 5. The lowest BCUT2D eigenvalue weighted by Gasteiger charge is -2.39. The summed E-state index contributed by atoms with van der Waals surface area (Å²) in [6.45, 7) is -0.753. The number of benzene rings is 1. The number of amides is 1. The van der Waals surface area contributed by atoms with Gasteiger partial charge in [-0.3, -0.25) is 14.9 Å². The molecule has 4 aromatic rings. The fourth-order valence-corrected chi connectivity index (χ4v) is 3.43. The minimum Gasteiger partial charge on any atom is -0.344 e. The Balaban J connectivity index is 1.40. The average Bonchev–Trinajstić information content (AvgIpc) is 3.16. The van der Waals surface area contributed by atoms with Crippen LogP contribution >= 0.6 is 0 Å². The molecule has 0 aliphatic carbocycles. The fourth-order valence-electron chi connectivity index (χ4n) is 3.43. The quantitative estimate of drug-likeness (QED) is 0.539. The predicted molar refractivity (Wildman–Crippen MR) is 109 cm³/mol. The molecule has 150 valence electrons. The third-order valence-electron chi connectivity index (χ3n) is 4.94. The van der Waals surface area contributed by atoms with E-state index in [1.165, 1.54) is 11.1 Å². The number of carbonyl (C=O) groups excluding carboxylic acids is 1. The minimum absolute atomic E-state index is 0.240. The van der Waals surface area contributed by atoms with Crippen LogP contribution in [0.15, 0.2) is 61.1 Å². The van der Waals surface area contributed by atoms with E-state index in [9.17, 15) is 13.6 Å². The Bertz CT molecular complexity index is 1230. The van der Waals surface area contributed by atoms with Crippen LogP contribution in [0.25, 0.3) is 22.0 Å². The number of anilines is 2. The molecular weight excluding hydrogens is 390 g/mol. The van der Waals surface area contributed by atoms with Crippen molar-refractivity contribution >= 4 is 28.3 Å². The van der Waals surface area contributed by atoms with Crippen molar-refractivity contribution in [2.75, 3.05) is 23.3 Å². The predicted octanol–water partition coefficient (Wildman–Crippen LogP) is 3.73. The van der Waals surface area contributed by atoms with Crippen molar-refractivity contribution in [3.8, 4) is 11.1 Å². The number of rotatable bonds is 4. The molecule has 0 radical (unpaired) electrons. The Kier molecular flexibility index (Phi) is 4.16. The van der Waals surface area contributed by atoms with E-state index >= 15 is 0 Å². The van der Waals surface area contributed by atoms with Crippen molar-refractivity contribution in [1.29, 1.82) is 0 Å². The monoisotopic (exact) mass is 406 g/mol. The van der Waals surface area contributed by atoms with Crippen LogP contribution in [-0.4, -0.2) is 45.1 Å². The normalized spacial score (nSPS) is 15.1. The molecule has 3 aromatic heterocycles. The van der Waals surface area contributed by atoms with Crippen molar-refractivity contribution < 1.29 is 13.6 Å². The maximum Gasteiger partial charge on any atom is 0.282 e. The average molecular weight is 406 g/mol. The van der Waals surface area contributed by atoms with Gasteiger partial charge in [0.05, 0.1) is 18.6 Å². The standard InChI is InChI=1S/C21H16F2N6O/c22-21(23)11-29(12-21)18-9-15(5-7-25-18)26-20(30)19-16-8-13(3-4-17(16)27-28-19)14-2-1-6-24-10-14/h1-10H,11-12H2,(H,27,28)(H,25,26,30). The molecule has 0 saturated carbocycles. The minimum atomic E-state index is -2.69. The van der Waals surface area contributed by atoms with Gasteiger partial charge in [-0.05, 0) is 29.8 Å². The molecule has 2 N–H and O–H groups in total.